The first-order chi connectivity index (χ1) is 26.2. The third-order valence-electron chi connectivity index (χ3n) is 9.75. The zero-order valence-corrected chi connectivity index (χ0v) is 29.3. The molecule has 0 saturated heterocycles. The van der Waals surface area contributed by atoms with Crippen LogP contribution in [-0.2, 0) is 0 Å². The molecule has 0 saturated carbocycles. The van der Waals surface area contributed by atoms with Crippen molar-refractivity contribution in [1.82, 2.24) is 19.9 Å². The number of nitrogens with zero attached hydrogens (tertiary/aromatic N) is 4. The molecular formula is C48H30N4S. The second-order valence-corrected chi connectivity index (χ2v) is 14.1. The van der Waals surface area contributed by atoms with Gasteiger partial charge in [0.2, 0.25) is 0 Å². The summed E-state index contributed by atoms with van der Waals surface area (Å²) in [6.45, 7) is 0. The molecule has 0 fully saturated rings. The van der Waals surface area contributed by atoms with E-state index < -0.39 is 0 Å². The van der Waals surface area contributed by atoms with Crippen LogP contribution in [0.2, 0.25) is 0 Å². The first kappa shape index (κ1) is 31.0. The van der Waals surface area contributed by atoms with Crippen molar-refractivity contribution in [3.05, 3.63) is 182 Å². The fourth-order valence-corrected chi connectivity index (χ4v) is 8.03. The van der Waals surface area contributed by atoms with Crippen LogP contribution in [0.25, 0.3) is 98.7 Å². The van der Waals surface area contributed by atoms with Crippen molar-refractivity contribution >= 4 is 43.1 Å². The van der Waals surface area contributed by atoms with E-state index in [0.29, 0.717) is 17.5 Å². The van der Waals surface area contributed by atoms with E-state index in [9.17, 15) is 0 Å². The van der Waals surface area contributed by atoms with Crippen LogP contribution in [-0.4, -0.2) is 19.9 Å². The Bertz CT molecular complexity index is 2860. The van der Waals surface area contributed by atoms with Crippen molar-refractivity contribution in [3.63, 3.8) is 0 Å². The highest BCUT2D eigenvalue weighted by Crippen LogP contribution is 2.39. The lowest BCUT2D eigenvalue weighted by atomic mass is 9.95. The quantitative estimate of drug-likeness (QED) is 0.163. The minimum absolute atomic E-state index is 0.645. The van der Waals surface area contributed by atoms with Gasteiger partial charge in [-0.25, -0.2) is 19.9 Å². The Kier molecular flexibility index (Phi) is 7.63. The molecule has 0 radical (unpaired) electrons. The van der Waals surface area contributed by atoms with Crippen LogP contribution in [0.15, 0.2) is 182 Å². The Morgan fingerprint density at radius 1 is 0.321 bits per heavy atom. The van der Waals surface area contributed by atoms with Crippen LogP contribution >= 0.6 is 11.3 Å². The van der Waals surface area contributed by atoms with Crippen LogP contribution in [0.3, 0.4) is 0 Å². The molecule has 8 aromatic carbocycles. The van der Waals surface area contributed by atoms with Crippen molar-refractivity contribution in [1.29, 1.82) is 0 Å². The summed E-state index contributed by atoms with van der Waals surface area (Å²) in [7, 11) is 0. The number of fused-ring (bicyclic) bond motifs is 5. The standard InChI is InChI=1S/C48H30N4S/c1-4-11-34(12-5-1)45-50-46(35-13-6-2-7-14-35)52-47(51-45)40-18-10-17-37(30-40)31-19-21-32(22-20-31)38-25-27-41-39(29-38)24-23-33-26-28-42-44(43(33)41)49-48(53-42)36-15-8-3-9-16-36/h1-30H. The number of thiazole rings is 1. The van der Waals surface area contributed by atoms with Gasteiger partial charge in [0, 0.05) is 27.6 Å². The van der Waals surface area contributed by atoms with E-state index in [-0.39, 0.29) is 0 Å². The maximum atomic E-state index is 5.15. The van der Waals surface area contributed by atoms with Crippen LogP contribution in [0.5, 0.6) is 0 Å². The number of aromatic nitrogens is 4. The van der Waals surface area contributed by atoms with Crippen LogP contribution < -0.4 is 0 Å². The van der Waals surface area contributed by atoms with Gasteiger partial charge in [0.05, 0.1) is 10.2 Å². The molecule has 0 aliphatic rings. The maximum absolute atomic E-state index is 5.15. The molecule has 0 atom stereocenters. The fourth-order valence-electron chi connectivity index (χ4n) is 7.05. The lowest BCUT2D eigenvalue weighted by Crippen LogP contribution is -2.00. The highest BCUT2D eigenvalue weighted by Gasteiger charge is 2.15. The molecule has 0 aliphatic heterocycles. The van der Waals surface area contributed by atoms with Gasteiger partial charge < -0.3 is 0 Å². The monoisotopic (exact) mass is 694 g/mol. The van der Waals surface area contributed by atoms with Crippen molar-refractivity contribution in [2.75, 3.05) is 0 Å². The predicted molar refractivity (Wildman–Crippen MR) is 221 cm³/mol. The van der Waals surface area contributed by atoms with Gasteiger partial charge in [0.1, 0.15) is 5.01 Å². The molecule has 248 valence electrons. The summed E-state index contributed by atoms with van der Waals surface area (Å²) in [5, 5.41) is 5.90. The summed E-state index contributed by atoms with van der Waals surface area (Å²) >= 11 is 1.75. The molecule has 0 amide bonds. The molecule has 4 nitrogen and oxygen atoms in total. The van der Waals surface area contributed by atoms with E-state index in [4.69, 9.17) is 19.9 Å². The van der Waals surface area contributed by atoms with Gasteiger partial charge in [-0.3, -0.25) is 0 Å². The van der Waals surface area contributed by atoms with Crippen LogP contribution in [0.1, 0.15) is 0 Å². The van der Waals surface area contributed by atoms with Gasteiger partial charge in [-0.1, -0.05) is 164 Å². The molecule has 53 heavy (non-hydrogen) atoms. The van der Waals surface area contributed by atoms with E-state index in [0.717, 1.165) is 43.9 Å². The van der Waals surface area contributed by atoms with Gasteiger partial charge >= 0.3 is 0 Å². The number of rotatable bonds is 6. The molecule has 0 aliphatic carbocycles. The maximum Gasteiger partial charge on any atom is 0.164 e. The molecule has 10 aromatic rings. The first-order valence-corrected chi connectivity index (χ1v) is 18.4. The fraction of sp³-hybridized carbons (Fsp3) is 0. The first-order valence-electron chi connectivity index (χ1n) is 17.6. The van der Waals surface area contributed by atoms with Crippen molar-refractivity contribution in [2.45, 2.75) is 0 Å². The Morgan fingerprint density at radius 3 is 1.45 bits per heavy atom. The number of hydrogen-bond acceptors (Lipinski definition) is 5. The molecule has 0 unspecified atom stereocenters. The Balaban J connectivity index is 0.985. The smallest absolute Gasteiger partial charge is 0.164 e. The Labute approximate surface area is 310 Å². The molecular weight excluding hydrogens is 665 g/mol. The molecule has 0 spiro atoms. The predicted octanol–water partition coefficient (Wildman–Crippen LogP) is 12.8. The van der Waals surface area contributed by atoms with Crippen LogP contribution in [0.4, 0.5) is 0 Å². The molecule has 10 rings (SSSR count). The third-order valence-corrected chi connectivity index (χ3v) is 10.8. The number of benzene rings is 8. The highest BCUT2D eigenvalue weighted by atomic mass is 32.1. The van der Waals surface area contributed by atoms with E-state index in [1.165, 1.54) is 37.4 Å². The minimum atomic E-state index is 0.645. The summed E-state index contributed by atoms with van der Waals surface area (Å²) in [6.07, 6.45) is 0. The average Bonchev–Trinajstić information content (AvgIpc) is 3.69. The van der Waals surface area contributed by atoms with E-state index in [2.05, 4.69) is 115 Å². The molecule has 2 aromatic heterocycles. The van der Waals surface area contributed by atoms with Gasteiger partial charge in [0.25, 0.3) is 0 Å². The highest BCUT2D eigenvalue weighted by molar-refractivity contribution is 7.21. The van der Waals surface area contributed by atoms with E-state index in [1.807, 2.05) is 66.7 Å². The topological polar surface area (TPSA) is 51.6 Å². The second kappa shape index (κ2) is 13.1. The summed E-state index contributed by atoms with van der Waals surface area (Å²) in [5.74, 6) is 1.95. The van der Waals surface area contributed by atoms with Gasteiger partial charge in [-0.2, -0.15) is 0 Å². The lowest BCUT2D eigenvalue weighted by molar-refractivity contribution is 1.07. The zero-order valence-electron chi connectivity index (χ0n) is 28.5. The molecule has 0 bridgehead atoms. The summed E-state index contributed by atoms with van der Waals surface area (Å²) in [4.78, 5) is 19.9. The Morgan fingerprint density at radius 2 is 0.811 bits per heavy atom. The van der Waals surface area contributed by atoms with Gasteiger partial charge in [0.15, 0.2) is 17.5 Å². The van der Waals surface area contributed by atoms with Crippen LogP contribution in [0, 0.1) is 0 Å². The average molecular weight is 695 g/mol. The van der Waals surface area contributed by atoms with Crippen molar-refractivity contribution in [3.8, 4) is 67.0 Å². The van der Waals surface area contributed by atoms with E-state index in [1.54, 1.807) is 11.3 Å². The zero-order chi connectivity index (χ0) is 35.1. The summed E-state index contributed by atoms with van der Waals surface area (Å²) in [6, 6.07) is 63.5. The third kappa shape index (κ3) is 5.83. The SMILES string of the molecule is c1ccc(-c2nc(-c3ccccc3)nc(-c3cccc(-c4ccc(-c5ccc6c(ccc7ccc8sc(-c9ccccc9)nc8c76)c5)cc4)c3)n2)cc1. The van der Waals surface area contributed by atoms with Crippen molar-refractivity contribution < 1.29 is 0 Å². The second-order valence-electron chi connectivity index (χ2n) is 13.1. The van der Waals surface area contributed by atoms with Gasteiger partial charge in [-0.15, -0.1) is 11.3 Å². The number of hydrogen-bond donors (Lipinski definition) is 0. The van der Waals surface area contributed by atoms with Gasteiger partial charge in [-0.05, 0) is 56.6 Å². The largest absolute Gasteiger partial charge is 0.235 e. The van der Waals surface area contributed by atoms with Crippen molar-refractivity contribution in [2.24, 2.45) is 0 Å². The molecule has 0 N–H and O–H groups in total. The summed E-state index contributed by atoms with van der Waals surface area (Å²) < 4.78 is 1.20. The summed E-state index contributed by atoms with van der Waals surface area (Å²) in [5.41, 5.74) is 9.65. The molecule has 2 heterocycles. The minimum Gasteiger partial charge on any atom is -0.235 e. The normalized spacial score (nSPS) is 11.4. The lowest BCUT2D eigenvalue weighted by Gasteiger charge is -2.10. The molecule has 5 heteroatoms. The van der Waals surface area contributed by atoms with E-state index >= 15 is 0 Å². The Hall–Kier alpha value is -6.82.